The van der Waals surface area contributed by atoms with Crippen molar-refractivity contribution in [1.29, 1.82) is 0 Å². The van der Waals surface area contributed by atoms with Gasteiger partial charge in [-0.15, -0.1) is 23.6 Å². The molecule has 0 fully saturated rings. The Bertz CT molecular complexity index is 2180. The van der Waals surface area contributed by atoms with Crippen molar-refractivity contribution in [3.05, 3.63) is 139 Å². The second-order valence-corrected chi connectivity index (χ2v) is 12.5. The summed E-state index contributed by atoms with van der Waals surface area (Å²) >= 11 is 1.83. The molecule has 0 saturated heterocycles. The minimum absolute atomic E-state index is 0. The van der Waals surface area contributed by atoms with E-state index in [1.165, 1.54) is 67.9 Å². The molecule has 0 aliphatic rings. The van der Waals surface area contributed by atoms with E-state index in [1.807, 2.05) is 17.5 Å². The van der Waals surface area contributed by atoms with Gasteiger partial charge in [0, 0.05) is 38.1 Å². The summed E-state index contributed by atoms with van der Waals surface area (Å²) in [6, 6.07) is 42.9. The molecule has 7 aromatic rings. The topological polar surface area (TPSA) is 50.2 Å². The Labute approximate surface area is 287 Å². The van der Waals surface area contributed by atoms with Crippen LogP contribution in [0, 0.1) is 6.07 Å². The predicted octanol–water partition coefficient (Wildman–Crippen LogP) is 11.6. The number of aromatic nitrogens is 1. The molecule has 0 aliphatic heterocycles. The number of benzene rings is 5. The van der Waals surface area contributed by atoms with Crippen molar-refractivity contribution in [1.82, 2.24) is 4.98 Å². The number of fused-ring (bicyclic) bond motifs is 4. The van der Waals surface area contributed by atoms with Crippen LogP contribution in [0.2, 0.25) is 0 Å². The Morgan fingerprint density at radius 3 is 2.07 bits per heavy atom. The van der Waals surface area contributed by atoms with Crippen LogP contribution in [0.3, 0.4) is 0 Å². The van der Waals surface area contributed by atoms with E-state index < -0.39 is 0 Å². The second kappa shape index (κ2) is 14.3. The molecule has 7 rings (SSSR count). The van der Waals surface area contributed by atoms with E-state index in [-0.39, 0.29) is 31.6 Å². The van der Waals surface area contributed by atoms with Crippen LogP contribution in [0.25, 0.3) is 64.5 Å². The van der Waals surface area contributed by atoms with Gasteiger partial charge in [-0.1, -0.05) is 116 Å². The summed E-state index contributed by atoms with van der Waals surface area (Å²) in [5.74, 6) is 0.409. The number of pyridine rings is 1. The fraction of sp³-hybridized carbons (Fsp3) is 0.122. The van der Waals surface area contributed by atoms with Crippen LogP contribution < -0.4 is 0 Å². The van der Waals surface area contributed by atoms with Gasteiger partial charge in [-0.3, -0.25) is 9.78 Å². The molecule has 1 radical (unpaired) electrons. The number of hydrogen-bond donors (Lipinski definition) is 1. The first kappa shape index (κ1) is 33.0. The minimum Gasteiger partial charge on any atom is -0.512 e. The zero-order chi connectivity index (χ0) is 31.5. The van der Waals surface area contributed by atoms with Crippen molar-refractivity contribution in [3.63, 3.8) is 0 Å². The van der Waals surface area contributed by atoms with E-state index in [9.17, 15) is 4.79 Å². The molecule has 0 unspecified atom stereocenters. The van der Waals surface area contributed by atoms with Crippen LogP contribution in [0.4, 0.5) is 0 Å². The number of thiophene rings is 1. The molecule has 5 heteroatoms. The molecule has 2 aromatic heterocycles. The molecule has 0 spiro atoms. The molecule has 3 nitrogen and oxygen atoms in total. The maximum atomic E-state index is 10.0. The number of carbonyl (C=O) groups excluding carboxylic acids is 1. The number of allylic oxidation sites excluding steroid dienone is 2. The van der Waals surface area contributed by atoms with Gasteiger partial charge in [0.25, 0.3) is 0 Å². The monoisotopic (exact) mass is 797 g/mol. The number of hydrogen-bond acceptors (Lipinski definition) is 4. The van der Waals surface area contributed by atoms with Gasteiger partial charge in [0.05, 0.1) is 5.76 Å². The number of ketones is 1. The molecule has 5 aromatic carbocycles. The molecule has 0 bridgehead atoms. The first-order valence-corrected chi connectivity index (χ1v) is 15.9. The third-order valence-electron chi connectivity index (χ3n) is 7.80. The first-order chi connectivity index (χ1) is 21.8. The zero-order valence-corrected chi connectivity index (χ0v) is 29.4. The SMILES string of the molecule is CC(=O)/C=C(/C)O.CC(C)c1cccc2c1ccc1c(-c3[c-]c4cc(-c5ccccc5)sc4c(-c4ccccc4)c3)nccc12.[Ir]. The minimum atomic E-state index is -0.125. The van der Waals surface area contributed by atoms with Gasteiger partial charge in [0.15, 0.2) is 5.78 Å². The van der Waals surface area contributed by atoms with Crippen LogP contribution in [0.1, 0.15) is 39.2 Å². The van der Waals surface area contributed by atoms with Gasteiger partial charge >= 0.3 is 0 Å². The Morgan fingerprint density at radius 1 is 0.783 bits per heavy atom. The fourth-order valence-electron chi connectivity index (χ4n) is 5.84. The van der Waals surface area contributed by atoms with E-state index in [2.05, 4.69) is 129 Å². The Balaban J connectivity index is 0.000000471. The smallest absolute Gasteiger partial charge is 0.155 e. The van der Waals surface area contributed by atoms with Gasteiger partial charge in [-0.2, -0.15) is 11.3 Å². The summed E-state index contributed by atoms with van der Waals surface area (Å²) in [7, 11) is 0. The third-order valence-corrected chi connectivity index (χ3v) is 9.02. The molecule has 46 heavy (non-hydrogen) atoms. The summed E-state index contributed by atoms with van der Waals surface area (Å²) in [4.78, 5) is 16.2. The fourth-order valence-corrected chi connectivity index (χ4v) is 7.00. The van der Waals surface area contributed by atoms with Crippen LogP contribution in [0.15, 0.2) is 127 Å². The molecule has 0 atom stereocenters. The Kier molecular flexibility index (Phi) is 10.3. The molecule has 0 saturated carbocycles. The van der Waals surface area contributed by atoms with Gasteiger partial charge in [-0.25, -0.2) is 0 Å². The summed E-state index contributed by atoms with van der Waals surface area (Å²) in [6.07, 6.45) is 3.11. The Morgan fingerprint density at radius 2 is 1.43 bits per heavy atom. The van der Waals surface area contributed by atoms with E-state index in [0.29, 0.717) is 5.92 Å². The van der Waals surface area contributed by atoms with Crippen LogP contribution in [0.5, 0.6) is 0 Å². The normalized spacial score (nSPS) is 11.4. The number of nitrogens with zero attached hydrogens (tertiary/aromatic N) is 1. The molecule has 0 aliphatic carbocycles. The van der Waals surface area contributed by atoms with E-state index in [0.717, 1.165) is 22.0 Å². The van der Waals surface area contributed by atoms with Crippen molar-refractivity contribution in [2.45, 2.75) is 33.6 Å². The third kappa shape index (κ3) is 6.88. The van der Waals surface area contributed by atoms with Crippen LogP contribution >= 0.6 is 11.3 Å². The molecule has 2 heterocycles. The van der Waals surface area contributed by atoms with Crippen molar-refractivity contribution in [2.75, 3.05) is 0 Å². The van der Waals surface area contributed by atoms with Gasteiger partial charge in [-0.05, 0) is 73.6 Å². The van der Waals surface area contributed by atoms with E-state index in [1.54, 1.807) is 0 Å². The Hall–Kier alpha value is -4.41. The molecular weight excluding hydrogens is 763 g/mol. The maximum Gasteiger partial charge on any atom is 0.155 e. The van der Waals surface area contributed by atoms with Crippen molar-refractivity contribution >= 4 is 48.8 Å². The second-order valence-electron chi connectivity index (χ2n) is 11.5. The van der Waals surface area contributed by atoms with Crippen molar-refractivity contribution in [3.8, 4) is 32.8 Å². The standard InChI is InChI=1S/C36H26NS.C5H8O2.Ir/c1-23(2)28-14-9-15-29-30(28)16-17-32-31(29)18-19-37-35(32)26-20-27-22-34(25-12-7-4-8-13-25)38-36(27)33(21-26)24-10-5-3-6-11-24;1-4(6)3-5(2)7;/h3-19,21-23H,1-2H3;3,6H,1-2H3;/q-1;;/b;4-3-;. The molecule has 1 N–H and O–H groups in total. The first-order valence-electron chi connectivity index (χ1n) is 15.1. The summed E-state index contributed by atoms with van der Waals surface area (Å²) in [5, 5.41) is 14.5. The number of rotatable bonds is 5. The van der Waals surface area contributed by atoms with Crippen LogP contribution in [-0.2, 0) is 24.9 Å². The quantitative estimate of drug-likeness (QED) is 0.0817. The zero-order valence-electron chi connectivity index (χ0n) is 26.2. The van der Waals surface area contributed by atoms with E-state index >= 15 is 0 Å². The predicted molar refractivity (Wildman–Crippen MR) is 191 cm³/mol. The van der Waals surface area contributed by atoms with Gasteiger partial charge in [0.2, 0.25) is 0 Å². The molecular formula is C41H34IrNO2S-. The number of carbonyl (C=O) groups is 1. The summed E-state index contributed by atoms with van der Waals surface area (Å²) in [6.45, 7) is 7.37. The van der Waals surface area contributed by atoms with E-state index in [4.69, 9.17) is 10.1 Å². The van der Waals surface area contributed by atoms with Crippen LogP contribution in [-0.4, -0.2) is 15.9 Å². The van der Waals surface area contributed by atoms with Crippen molar-refractivity contribution < 1.29 is 30.0 Å². The van der Waals surface area contributed by atoms with Crippen molar-refractivity contribution in [2.24, 2.45) is 0 Å². The molecule has 231 valence electrons. The summed E-state index contributed by atoms with van der Waals surface area (Å²) in [5.41, 5.74) is 7.06. The maximum absolute atomic E-state index is 10.0. The largest absolute Gasteiger partial charge is 0.512 e. The summed E-state index contributed by atoms with van der Waals surface area (Å²) < 4.78 is 1.26. The average molecular weight is 797 g/mol. The molecule has 0 amide bonds. The number of aliphatic hydroxyl groups excluding tert-OH is 1. The van der Waals surface area contributed by atoms with Gasteiger partial charge < -0.3 is 5.11 Å². The number of aliphatic hydroxyl groups is 1. The van der Waals surface area contributed by atoms with Gasteiger partial charge in [0.1, 0.15) is 0 Å². The average Bonchev–Trinajstić information content (AvgIpc) is 3.48.